The lowest BCUT2D eigenvalue weighted by Gasteiger charge is -2.10. The molecule has 0 aliphatic carbocycles. The molecule has 1 aromatic rings. The minimum atomic E-state index is 0. The van der Waals surface area contributed by atoms with Gasteiger partial charge in [-0.15, -0.1) is 12.4 Å². The molecule has 80 valence electrons. The SMILES string of the molecule is Cc1cccc(C)c1CCC(C)N.Cl. The van der Waals surface area contributed by atoms with Crippen LogP contribution in [0, 0.1) is 13.8 Å². The van der Waals surface area contributed by atoms with Gasteiger partial charge in [0.05, 0.1) is 0 Å². The molecule has 1 aromatic carbocycles. The van der Waals surface area contributed by atoms with E-state index in [4.69, 9.17) is 5.73 Å². The molecular weight excluding hydrogens is 194 g/mol. The molecule has 0 radical (unpaired) electrons. The summed E-state index contributed by atoms with van der Waals surface area (Å²) in [5, 5.41) is 0. The minimum Gasteiger partial charge on any atom is -0.328 e. The second-order valence-electron chi connectivity index (χ2n) is 3.89. The predicted molar refractivity (Wildman–Crippen MR) is 65.1 cm³/mol. The first-order valence-electron chi connectivity index (χ1n) is 4.92. The number of rotatable bonds is 3. The Balaban J connectivity index is 0.00000169. The zero-order chi connectivity index (χ0) is 9.84. The van der Waals surface area contributed by atoms with Gasteiger partial charge in [-0.3, -0.25) is 0 Å². The van der Waals surface area contributed by atoms with Crippen LogP contribution < -0.4 is 5.73 Å². The number of benzene rings is 1. The Kier molecular flexibility index (Phi) is 5.82. The van der Waals surface area contributed by atoms with Gasteiger partial charge in [0.15, 0.2) is 0 Å². The van der Waals surface area contributed by atoms with Crippen molar-refractivity contribution in [2.45, 2.75) is 39.7 Å². The van der Waals surface area contributed by atoms with Crippen molar-refractivity contribution in [2.75, 3.05) is 0 Å². The minimum absolute atomic E-state index is 0. The number of aryl methyl sites for hydroxylation is 2. The number of nitrogens with two attached hydrogens (primary N) is 1. The van der Waals surface area contributed by atoms with Gasteiger partial charge in [0, 0.05) is 6.04 Å². The highest BCUT2D eigenvalue weighted by molar-refractivity contribution is 5.85. The normalized spacial score (nSPS) is 12.0. The molecule has 1 rings (SSSR count). The molecule has 0 aliphatic heterocycles. The van der Waals surface area contributed by atoms with E-state index in [0.29, 0.717) is 6.04 Å². The zero-order valence-corrected chi connectivity index (χ0v) is 10.0. The van der Waals surface area contributed by atoms with E-state index in [1.807, 2.05) is 0 Å². The van der Waals surface area contributed by atoms with Crippen molar-refractivity contribution in [1.82, 2.24) is 0 Å². The van der Waals surface area contributed by atoms with E-state index in [2.05, 4.69) is 39.0 Å². The molecule has 0 aliphatic rings. The summed E-state index contributed by atoms with van der Waals surface area (Å²) in [6.07, 6.45) is 2.18. The van der Waals surface area contributed by atoms with E-state index in [1.165, 1.54) is 16.7 Å². The lowest BCUT2D eigenvalue weighted by Crippen LogP contribution is -2.15. The Hall–Kier alpha value is -0.530. The quantitative estimate of drug-likeness (QED) is 0.821. The highest BCUT2D eigenvalue weighted by atomic mass is 35.5. The van der Waals surface area contributed by atoms with E-state index in [9.17, 15) is 0 Å². The summed E-state index contributed by atoms with van der Waals surface area (Å²) in [5.74, 6) is 0. The van der Waals surface area contributed by atoms with Gasteiger partial charge in [-0.1, -0.05) is 18.2 Å². The van der Waals surface area contributed by atoms with Gasteiger partial charge in [0.25, 0.3) is 0 Å². The van der Waals surface area contributed by atoms with Crippen molar-refractivity contribution in [1.29, 1.82) is 0 Å². The molecule has 2 heteroatoms. The number of hydrogen-bond acceptors (Lipinski definition) is 1. The zero-order valence-electron chi connectivity index (χ0n) is 9.21. The standard InChI is InChI=1S/C12H19N.ClH/c1-9-5-4-6-10(2)12(9)8-7-11(3)13;/h4-6,11H,7-8,13H2,1-3H3;1H. The highest BCUT2D eigenvalue weighted by Crippen LogP contribution is 2.15. The summed E-state index contributed by atoms with van der Waals surface area (Å²) in [4.78, 5) is 0. The molecule has 1 nitrogen and oxygen atoms in total. The average molecular weight is 214 g/mol. The van der Waals surface area contributed by atoms with Crippen LogP contribution in [0.1, 0.15) is 30.0 Å². The van der Waals surface area contributed by atoms with Gasteiger partial charge < -0.3 is 5.73 Å². The fourth-order valence-corrected chi connectivity index (χ4v) is 1.62. The molecule has 0 spiro atoms. The lowest BCUT2D eigenvalue weighted by atomic mass is 9.97. The van der Waals surface area contributed by atoms with Crippen molar-refractivity contribution in [3.05, 3.63) is 34.9 Å². The molecule has 0 fully saturated rings. The van der Waals surface area contributed by atoms with E-state index in [-0.39, 0.29) is 12.4 Å². The molecule has 1 unspecified atom stereocenters. The van der Waals surface area contributed by atoms with Crippen LogP contribution in [0.5, 0.6) is 0 Å². The Morgan fingerprint density at radius 1 is 1.21 bits per heavy atom. The Morgan fingerprint density at radius 3 is 2.14 bits per heavy atom. The molecule has 0 saturated heterocycles. The average Bonchev–Trinajstić information content (AvgIpc) is 2.03. The van der Waals surface area contributed by atoms with Crippen LogP contribution in [-0.4, -0.2) is 6.04 Å². The first-order valence-corrected chi connectivity index (χ1v) is 4.92. The molecule has 0 heterocycles. The fourth-order valence-electron chi connectivity index (χ4n) is 1.62. The number of halogens is 1. The summed E-state index contributed by atoms with van der Waals surface area (Å²) in [6, 6.07) is 6.76. The van der Waals surface area contributed by atoms with Crippen molar-refractivity contribution < 1.29 is 0 Å². The summed E-state index contributed by atoms with van der Waals surface area (Å²) in [5.41, 5.74) is 9.99. The third-order valence-electron chi connectivity index (χ3n) is 2.49. The van der Waals surface area contributed by atoms with Crippen LogP contribution in [-0.2, 0) is 6.42 Å². The molecular formula is C12H20ClN. The molecule has 0 aromatic heterocycles. The third-order valence-corrected chi connectivity index (χ3v) is 2.49. The molecule has 2 N–H and O–H groups in total. The van der Waals surface area contributed by atoms with Crippen LogP contribution >= 0.6 is 12.4 Å². The molecule has 1 atom stereocenters. The molecule has 0 bridgehead atoms. The van der Waals surface area contributed by atoms with Crippen LogP contribution in [0.3, 0.4) is 0 Å². The van der Waals surface area contributed by atoms with E-state index >= 15 is 0 Å². The van der Waals surface area contributed by atoms with Gasteiger partial charge in [-0.25, -0.2) is 0 Å². The van der Waals surface area contributed by atoms with Crippen LogP contribution in [0.15, 0.2) is 18.2 Å². The summed E-state index contributed by atoms with van der Waals surface area (Å²) in [6.45, 7) is 6.40. The first-order chi connectivity index (χ1) is 6.11. The Labute approximate surface area is 93.1 Å². The molecule has 0 amide bonds. The van der Waals surface area contributed by atoms with Crippen molar-refractivity contribution in [3.8, 4) is 0 Å². The van der Waals surface area contributed by atoms with Crippen LogP contribution in [0.4, 0.5) is 0 Å². The monoisotopic (exact) mass is 213 g/mol. The maximum Gasteiger partial charge on any atom is 0.00136 e. The van der Waals surface area contributed by atoms with Crippen molar-refractivity contribution in [2.24, 2.45) is 5.73 Å². The predicted octanol–water partition coefficient (Wildman–Crippen LogP) is 3.01. The summed E-state index contributed by atoms with van der Waals surface area (Å²) in [7, 11) is 0. The van der Waals surface area contributed by atoms with E-state index in [0.717, 1.165) is 12.8 Å². The molecule has 0 saturated carbocycles. The van der Waals surface area contributed by atoms with Crippen molar-refractivity contribution in [3.63, 3.8) is 0 Å². The smallest absolute Gasteiger partial charge is 0.00136 e. The maximum absolute atomic E-state index is 5.74. The second-order valence-corrected chi connectivity index (χ2v) is 3.89. The first kappa shape index (κ1) is 13.5. The van der Waals surface area contributed by atoms with Crippen LogP contribution in [0.2, 0.25) is 0 Å². The topological polar surface area (TPSA) is 26.0 Å². The van der Waals surface area contributed by atoms with E-state index < -0.39 is 0 Å². The lowest BCUT2D eigenvalue weighted by molar-refractivity contribution is 0.663. The largest absolute Gasteiger partial charge is 0.328 e. The van der Waals surface area contributed by atoms with Gasteiger partial charge in [0.2, 0.25) is 0 Å². The van der Waals surface area contributed by atoms with Gasteiger partial charge >= 0.3 is 0 Å². The maximum atomic E-state index is 5.74. The van der Waals surface area contributed by atoms with Gasteiger partial charge in [-0.05, 0) is 50.3 Å². The molecule has 14 heavy (non-hydrogen) atoms. The fraction of sp³-hybridized carbons (Fsp3) is 0.500. The Morgan fingerprint density at radius 2 is 1.71 bits per heavy atom. The summed E-state index contributed by atoms with van der Waals surface area (Å²) >= 11 is 0. The Bertz CT molecular complexity index is 261. The van der Waals surface area contributed by atoms with Gasteiger partial charge in [0.1, 0.15) is 0 Å². The number of hydrogen-bond donors (Lipinski definition) is 1. The van der Waals surface area contributed by atoms with Crippen LogP contribution in [0.25, 0.3) is 0 Å². The second kappa shape index (κ2) is 6.05. The summed E-state index contributed by atoms with van der Waals surface area (Å²) < 4.78 is 0. The highest BCUT2D eigenvalue weighted by Gasteiger charge is 2.02. The van der Waals surface area contributed by atoms with Gasteiger partial charge in [-0.2, -0.15) is 0 Å². The van der Waals surface area contributed by atoms with E-state index in [1.54, 1.807) is 0 Å². The third kappa shape index (κ3) is 3.69. The van der Waals surface area contributed by atoms with Crippen molar-refractivity contribution >= 4 is 12.4 Å².